The van der Waals surface area contributed by atoms with E-state index in [0.29, 0.717) is 11.0 Å². The topological polar surface area (TPSA) is 29.1 Å². The highest BCUT2D eigenvalue weighted by molar-refractivity contribution is 9.11. The van der Waals surface area contributed by atoms with Crippen molar-refractivity contribution in [2.75, 3.05) is 6.54 Å². The molecule has 0 bridgehead atoms. The highest BCUT2D eigenvalue weighted by atomic mass is 79.9. The number of carbonyl (C=O) groups excluding carboxylic acids is 1. The first kappa shape index (κ1) is 15.0. The van der Waals surface area contributed by atoms with Gasteiger partial charge in [-0.25, -0.2) is 0 Å². The van der Waals surface area contributed by atoms with Crippen molar-refractivity contribution in [3.63, 3.8) is 0 Å². The lowest BCUT2D eigenvalue weighted by atomic mass is 9.83. The Morgan fingerprint density at radius 1 is 1.32 bits per heavy atom. The number of hydrogen-bond acceptors (Lipinski definition) is 1. The van der Waals surface area contributed by atoms with Crippen LogP contribution in [0.2, 0.25) is 0 Å². The molecule has 0 heterocycles. The second kappa shape index (κ2) is 6.40. The number of carbonyl (C=O) groups is 1. The Balaban J connectivity index is 2.03. The van der Waals surface area contributed by atoms with E-state index >= 15 is 0 Å². The molecule has 0 aliphatic heterocycles. The molecule has 0 atom stereocenters. The summed E-state index contributed by atoms with van der Waals surface area (Å²) >= 11 is 6.84. The minimum Gasteiger partial charge on any atom is -0.351 e. The summed E-state index contributed by atoms with van der Waals surface area (Å²) in [6.45, 7) is 3.02. The van der Waals surface area contributed by atoms with Gasteiger partial charge in [-0.05, 0) is 58.8 Å². The third kappa shape index (κ3) is 3.60. The summed E-state index contributed by atoms with van der Waals surface area (Å²) in [6.07, 6.45) is 6.22. The van der Waals surface area contributed by atoms with Crippen LogP contribution in [0.5, 0.6) is 0 Å². The first-order chi connectivity index (χ1) is 9.06. The molecule has 0 saturated heterocycles. The van der Waals surface area contributed by atoms with E-state index in [0.717, 1.165) is 21.9 Å². The zero-order chi connectivity index (χ0) is 13.9. The van der Waals surface area contributed by atoms with Crippen LogP contribution in [0.4, 0.5) is 0 Å². The van der Waals surface area contributed by atoms with Gasteiger partial charge in [0, 0.05) is 15.5 Å². The zero-order valence-corrected chi connectivity index (χ0v) is 14.3. The van der Waals surface area contributed by atoms with Gasteiger partial charge in [0.1, 0.15) is 0 Å². The average molecular weight is 389 g/mol. The van der Waals surface area contributed by atoms with E-state index in [4.69, 9.17) is 0 Å². The molecular weight excluding hydrogens is 370 g/mol. The molecule has 0 aromatic heterocycles. The lowest BCUT2D eigenvalue weighted by molar-refractivity contribution is 0.0928. The van der Waals surface area contributed by atoms with Crippen LogP contribution in [0.15, 0.2) is 27.1 Å². The Morgan fingerprint density at radius 2 is 2.00 bits per heavy atom. The van der Waals surface area contributed by atoms with Crippen molar-refractivity contribution >= 4 is 37.8 Å². The van der Waals surface area contributed by atoms with Crippen molar-refractivity contribution in [1.82, 2.24) is 5.32 Å². The Bertz CT molecular complexity index is 467. The molecule has 19 heavy (non-hydrogen) atoms. The van der Waals surface area contributed by atoms with Crippen LogP contribution in [-0.4, -0.2) is 12.5 Å². The monoisotopic (exact) mass is 387 g/mol. The summed E-state index contributed by atoms with van der Waals surface area (Å²) in [5.41, 5.74) is 1.02. The van der Waals surface area contributed by atoms with Gasteiger partial charge >= 0.3 is 0 Å². The molecule has 0 spiro atoms. The molecule has 2 rings (SSSR count). The van der Waals surface area contributed by atoms with Gasteiger partial charge in [0.05, 0.1) is 5.56 Å². The highest BCUT2D eigenvalue weighted by Gasteiger charge is 2.32. The maximum absolute atomic E-state index is 12.3. The predicted octanol–water partition coefficient (Wildman–Crippen LogP) is 4.91. The SMILES string of the molecule is CCC1(CNC(=O)c2cc(Br)ccc2Br)CCCC1. The van der Waals surface area contributed by atoms with Crippen molar-refractivity contribution in [2.45, 2.75) is 39.0 Å². The lowest BCUT2D eigenvalue weighted by Gasteiger charge is -2.27. The molecule has 1 aromatic rings. The largest absolute Gasteiger partial charge is 0.351 e. The van der Waals surface area contributed by atoms with Gasteiger partial charge in [0.25, 0.3) is 5.91 Å². The third-order valence-electron chi connectivity index (χ3n) is 4.21. The molecule has 1 fully saturated rings. The fraction of sp³-hybridized carbons (Fsp3) is 0.533. The number of hydrogen-bond donors (Lipinski definition) is 1. The van der Waals surface area contributed by atoms with Crippen molar-refractivity contribution in [3.8, 4) is 0 Å². The minimum absolute atomic E-state index is 0.00731. The predicted molar refractivity (Wildman–Crippen MR) is 85.4 cm³/mol. The van der Waals surface area contributed by atoms with Gasteiger partial charge in [-0.3, -0.25) is 4.79 Å². The van der Waals surface area contributed by atoms with Gasteiger partial charge in [-0.15, -0.1) is 0 Å². The van der Waals surface area contributed by atoms with Gasteiger partial charge < -0.3 is 5.32 Å². The summed E-state index contributed by atoms with van der Waals surface area (Å²) in [7, 11) is 0. The smallest absolute Gasteiger partial charge is 0.252 e. The number of benzene rings is 1. The van der Waals surface area contributed by atoms with Crippen LogP contribution in [0.1, 0.15) is 49.4 Å². The summed E-state index contributed by atoms with van der Waals surface area (Å²) in [6, 6.07) is 5.67. The molecule has 1 saturated carbocycles. The number of halogens is 2. The van der Waals surface area contributed by atoms with Gasteiger partial charge in [-0.1, -0.05) is 35.7 Å². The number of nitrogens with one attached hydrogen (secondary N) is 1. The molecule has 0 unspecified atom stereocenters. The fourth-order valence-corrected chi connectivity index (χ4v) is 3.60. The molecule has 1 amide bonds. The molecule has 2 nitrogen and oxygen atoms in total. The van der Waals surface area contributed by atoms with Crippen molar-refractivity contribution in [3.05, 3.63) is 32.7 Å². The lowest BCUT2D eigenvalue weighted by Crippen LogP contribution is -2.35. The van der Waals surface area contributed by atoms with Crippen LogP contribution in [0, 0.1) is 5.41 Å². The van der Waals surface area contributed by atoms with E-state index < -0.39 is 0 Å². The molecule has 0 radical (unpaired) electrons. The van der Waals surface area contributed by atoms with Crippen molar-refractivity contribution in [1.29, 1.82) is 0 Å². The van der Waals surface area contributed by atoms with E-state index in [1.165, 1.54) is 25.7 Å². The first-order valence-corrected chi connectivity index (χ1v) is 8.38. The fourth-order valence-electron chi connectivity index (χ4n) is 2.81. The Morgan fingerprint density at radius 3 is 2.63 bits per heavy atom. The average Bonchev–Trinajstić information content (AvgIpc) is 2.88. The third-order valence-corrected chi connectivity index (χ3v) is 5.40. The molecule has 1 aliphatic rings. The Hall–Kier alpha value is -0.350. The quantitative estimate of drug-likeness (QED) is 0.779. The van der Waals surface area contributed by atoms with Crippen LogP contribution in [0.3, 0.4) is 0 Å². The summed E-state index contributed by atoms with van der Waals surface area (Å²) in [5.74, 6) is 0.00731. The van der Waals surface area contributed by atoms with E-state index in [9.17, 15) is 4.79 Å². The van der Waals surface area contributed by atoms with Gasteiger partial charge in [0.15, 0.2) is 0 Å². The van der Waals surface area contributed by atoms with Gasteiger partial charge in [-0.2, -0.15) is 0 Å². The van der Waals surface area contributed by atoms with E-state index in [1.54, 1.807) is 0 Å². The van der Waals surface area contributed by atoms with Crippen LogP contribution < -0.4 is 5.32 Å². The van der Waals surface area contributed by atoms with E-state index in [-0.39, 0.29) is 5.91 Å². The second-order valence-corrected chi connectivity index (χ2v) is 7.14. The molecule has 1 N–H and O–H groups in total. The van der Waals surface area contributed by atoms with E-state index in [1.807, 2.05) is 18.2 Å². The van der Waals surface area contributed by atoms with Gasteiger partial charge in [0.2, 0.25) is 0 Å². The summed E-state index contributed by atoms with van der Waals surface area (Å²) in [4.78, 5) is 12.3. The second-order valence-electron chi connectivity index (χ2n) is 5.37. The minimum atomic E-state index is 0.00731. The Kier molecular flexibility index (Phi) is 5.07. The molecular formula is C15H19Br2NO. The summed E-state index contributed by atoms with van der Waals surface area (Å²) in [5, 5.41) is 3.11. The van der Waals surface area contributed by atoms with Crippen LogP contribution >= 0.6 is 31.9 Å². The molecule has 1 aliphatic carbocycles. The summed E-state index contributed by atoms with van der Waals surface area (Å²) < 4.78 is 1.76. The molecule has 104 valence electrons. The molecule has 4 heteroatoms. The number of rotatable bonds is 4. The van der Waals surface area contributed by atoms with E-state index in [2.05, 4.69) is 44.1 Å². The maximum atomic E-state index is 12.3. The van der Waals surface area contributed by atoms with Crippen molar-refractivity contribution < 1.29 is 4.79 Å². The zero-order valence-electron chi connectivity index (χ0n) is 11.1. The standard InChI is InChI=1S/C15H19Br2NO/c1-2-15(7-3-4-8-15)10-18-14(19)12-9-11(16)5-6-13(12)17/h5-6,9H,2-4,7-8,10H2,1H3,(H,18,19). The van der Waals surface area contributed by atoms with Crippen LogP contribution in [-0.2, 0) is 0 Å². The number of amides is 1. The first-order valence-electron chi connectivity index (χ1n) is 6.79. The maximum Gasteiger partial charge on any atom is 0.252 e. The normalized spacial score (nSPS) is 17.4. The highest BCUT2D eigenvalue weighted by Crippen LogP contribution is 2.40. The Labute approximate surface area is 131 Å². The van der Waals surface area contributed by atoms with Crippen LogP contribution in [0.25, 0.3) is 0 Å². The molecule has 1 aromatic carbocycles. The van der Waals surface area contributed by atoms with Crippen molar-refractivity contribution in [2.24, 2.45) is 5.41 Å².